The predicted octanol–water partition coefficient (Wildman–Crippen LogP) is 3.22. The summed E-state index contributed by atoms with van der Waals surface area (Å²) < 4.78 is 18.0. The number of hydrogen-bond acceptors (Lipinski definition) is 2. The largest absolute Gasteiger partial charge is 0.469 e. The molecule has 2 nitrogen and oxygen atoms in total. The second-order valence-corrected chi connectivity index (χ2v) is 4.28. The van der Waals surface area contributed by atoms with E-state index in [1.54, 1.807) is 24.5 Å². The fourth-order valence-corrected chi connectivity index (χ4v) is 1.92. The third-order valence-corrected chi connectivity index (χ3v) is 2.84. The Morgan fingerprint density at radius 1 is 1.29 bits per heavy atom. The number of rotatable bonds is 4. The Morgan fingerprint density at radius 2 is 2.12 bits per heavy atom. The molecule has 0 amide bonds. The molecule has 17 heavy (non-hydrogen) atoms. The molecule has 1 heterocycles. The second-order valence-electron chi connectivity index (χ2n) is 3.88. The molecule has 0 aliphatic carbocycles. The van der Waals surface area contributed by atoms with Gasteiger partial charge < -0.3 is 9.52 Å². The Hall–Kier alpha value is -1.32. The lowest BCUT2D eigenvalue weighted by molar-refractivity contribution is 0.168. The molecule has 0 spiro atoms. The van der Waals surface area contributed by atoms with Crippen LogP contribution in [0.2, 0.25) is 5.02 Å². The van der Waals surface area contributed by atoms with Gasteiger partial charge in [0.15, 0.2) is 0 Å². The average molecular weight is 255 g/mol. The van der Waals surface area contributed by atoms with E-state index in [0.29, 0.717) is 17.9 Å². The van der Waals surface area contributed by atoms with Gasteiger partial charge in [-0.25, -0.2) is 4.39 Å². The first kappa shape index (κ1) is 12.1. The van der Waals surface area contributed by atoms with Crippen LogP contribution in [0, 0.1) is 5.82 Å². The van der Waals surface area contributed by atoms with Gasteiger partial charge in [0.25, 0.3) is 0 Å². The zero-order valence-corrected chi connectivity index (χ0v) is 9.82. The Labute approximate surface area is 104 Å². The van der Waals surface area contributed by atoms with Crippen LogP contribution in [0.15, 0.2) is 41.0 Å². The number of halogens is 2. The van der Waals surface area contributed by atoms with Crippen LogP contribution in [0.25, 0.3) is 0 Å². The molecule has 1 aromatic heterocycles. The van der Waals surface area contributed by atoms with Gasteiger partial charge in [-0.05, 0) is 29.8 Å². The molecule has 0 saturated carbocycles. The minimum absolute atomic E-state index is 0.337. The zero-order chi connectivity index (χ0) is 12.3. The molecule has 2 rings (SSSR count). The second kappa shape index (κ2) is 5.34. The molecule has 0 aliphatic heterocycles. The maximum atomic E-state index is 12.8. The maximum Gasteiger partial charge on any atom is 0.124 e. The fraction of sp³-hybridized carbons (Fsp3) is 0.231. The molecule has 0 fully saturated rings. The number of aliphatic hydroxyl groups excluding tert-OH is 1. The molecule has 1 aromatic carbocycles. The van der Waals surface area contributed by atoms with Crippen molar-refractivity contribution < 1.29 is 13.9 Å². The van der Waals surface area contributed by atoms with Crippen molar-refractivity contribution >= 4 is 11.6 Å². The summed E-state index contributed by atoms with van der Waals surface area (Å²) in [6.45, 7) is 0. The van der Waals surface area contributed by atoms with E-state index in [-0.39, 0.29) is 5.82 Å². The Balaban J connectivity index is 2.00. The van der Waals surface area contributed by atoms with Gasteiger partial charge in [-0.15, -0.1) is 0 Å². The molecule has 1 atom stereocenters. The summed E-state index contributed by atoms with van der Waals surface area (Å²) in [6.07, 6.45) is 1.76. The molecule has 1 N–H and O–H groups in total. The summed E-state index contributed by atoms with van der Waals surface area (Å²) in [4.78, 5) is 0. The molecular weight excluding hydrogens is 243 g/mol. The number of hydrogen-bond donors (Lipinski definition) is 1. The van der Waals surface area contributed by atoms with Crippen LogP contribution >= 0.6 is 11.6 Å². The molecule has 0 radical (unpaired) electrons. The van der Waals surface area contributed by atoms with Gasteiger partial charge >= 0.3 is 0 Å². The highest BCUT2D eigenvalue weighted by Gasteiger charge is 2.11. The maximum absolute atomic E-state index is 12.8. The zero-order valence-electron chi connectivity index (χ0n) is 9.07. The van der Waals surface area contributed by atoms with Crippen molar-refractivity contribution in [2.24, 2.45) is 0 Å². The molecule has 0 bridgehead atoms. The van der Waals surface area contributed by atoms with Crippen molar-refractivity contribution in [3.63, 3.8) is 0 Å². The number of benzene rings is 1. The van der Waals surface area contributed by atoms with Gasteiger partial charge in [0.05, 0.1) is 12.4 Å². The first-order valence-electron chi connectivity index (χ1n) is 5.29. The lowest BCUT2D eigenvalue weighted by Crippen LogP contribution is -2.13. The summed E-state index contributed by atoms with van der Waals surface area (Å²) >= 11 is 5.88. The first-order chi connectivity index (χ1) is 8.15. The lowest BCUT2D eigenvalue weighted by atomic mass is 10.0. The van der Waals surface area contributed by atoms with Gasteiger partial charge in [-0.2, -0.15) is 0 Å². The van der Waals surface area contributed by atoms with Gasteiger partial charge in [0.2, 0.25) is 0 Å². The van der Waals surface area contributed by atoms with Crippen LogP contribution in [0.5, 0.6) is 0 Å². The molecule has 1 unspecified atom stereocenters. The molecule has 4 heteroatoms. The summed E-state index contributed by atoms with van der Waals surface area (Å²) in [5, 5.41) is 10.2. The van der Waals surface area contributed by atoms with Crippen molar-refractivity contribution in [3.8, 4) is 0 Å². The van der Waals surface area contributed by atoms with Crippen LogP contribution in [0.4, 0.5) is 4.39 Å². The van der Waals surface area contributed by atoms with Gasteiger partial charge in [0, 0.05) is 17.9 Å². The highest BCUT2D eigenvalue weighted by atomic mass is 35.5. The fourth-order valence-electron chi connectivity index (χ4n) is 1.67. The molecule has 0 aliphatic rings. The topological polar surface area (TPSA) is 33.4 Å². The smallest absolute Gasteiger partial charge is 0.124 e. The molecule has 2 aromatic rings. The van der Waals surface area contributed by atoms with Crippen LogP contribution in [-0.4, -0.2) is 11.2 Å². The molecular formula is C13H12ClFO2. The third kappa shape index (κ3) is 3.32. The van der Waals surface area contributed by atoms with E-state index in [4.69, 9.17) is 16.0 Å². The summed E-state index contributed by atoms with van der Waals surface area (Å²) in [7, 11) is 0. The SMILES string of the molecule is OC(Cc1ccco1)Cc1ccc(F)cc1Cl. The average Bonchev–Trinajstić information content (AvgIpc) is 2.75. The van der Waals surface area contributed by atoms with Gasteiger partial charge in [-0.1, -0.05) is 17.7 Å². The first-order valence-corrected chi connectivity index (χ1v) is 5.67. The van der Waals surface area contributed by atoms with Crippen molar-refractivity contribution in [3.05, 3.63) is 58.8 Å². The van der Waals surface area contributed by atoms with Crippen molar-refractivity contribution in [2.75, 3.05) is 0 Å². The Morgan fingerprint density at radius 3 is 2.76 bits per heavy atom. The molecule has 0 saturated heterocycles. The van der Waals surface area contributed by atoms with E-state index in [9.17, 15) is 9.50 Å². The highest BCUT2D eigenvalue weighted by molar-refractivity contribution is 6.31. The van der Waals surface area contributed by atoms with E-state index in [1.165, 1.54) is 12.1 Å². The summed E-state index contributed by atoms with van der Waals surface area (Å²) in [5.74, 6) is 0.343. The van der Waals surface area contributed by atoms with Gasteiger partial charge in [-0.3, -0.25) is 0 Å². The standard InChI is InChI=1S/C13H12ClFO2/c14-13-7-10(15)4-3-9(13)6-11(16)8-12-2-1-5-17-12/h1-5,7,11,16H,6,8H2. The highest BCUT2D eigenvalue weighted by Crippen LogP contribution is 2.19. The van der Waals surface area contributed by atoms with Crippen LogP contribution < -0.4 is 0 Å². The monoisotopic (exact) mass is 254 g/mol. The Bertz CT molecular complexity index is 482. The van der Waals surface area contributed by atoms with Crippen LogP contribution in [0.1, 0.15) is 11.3 Å². The van der Waals surface area contributed by atoms with E-state index in [2.05, 4.69) is 0 Å². The predicted molar refractivity (Wildman–Crippen MR) is 63.5 cm³/mol. The van der Waals surface area contributed by atoms with Crippen molar-refractivity contribution in [1.82, 2.24) is 0 Å². The minimum atomic E-state index is -0.593. The minimum Gasteiger partial charge on any atom is -0.469 e. The van der Waals surface area contributed by atoms with Crippen molar-refractivity contribution in [2.45, 2.75) is 18.9 Å². The summed E-state index contributed by atoms with van der Waals surface area (Å²) in [5.41, 5.74) is 0.729. The lowest BCUT2D eigenvalue weighted by Gasteiger charge is -2.10. The van der Waals surface area contributed by atoms with Gasteiger partial charge in [0.1, 0.15) is 11.6 Å². The van der Waals surface area contributed by atoms with Crippen molar-refractivity contribution in [1.29, 1.82) is 0 Å². The Kier molecular flexibility index (Phi) is 3.82. The third-order valence-electron chi connectivity index (χ3n) is 2.49. The van der Waals surface area contributed by atoms with Crippen LogP contribution in [-0.2, 0) is 12.8 Å². The summed E-state index contributed by atoms with van der Waals surface area (Å²) in [6, 6.07) is 7.74. The van der Waals surface area contributed by atoms with E-state index in [1.807, 2.05) is 0 Å². The van der Waals surface area contributed by atoms with E-state index >= 15 is 0 Å². The number of furan rings is 1. The number of aliphatic hydroxyl groups is 1. The normalized spacial score (nSPS) is 12.6. The van der Waals surface area contributed by atoms with E-state index < -0.39 is 6.10 Å². The molecule has 90 valence electrons. The van der Waals surface area contributed by atoms with E-state index in [0.717, 1.165) is 11.3 Å². The van der Waals surface area contributed by atoms with Crippen LogP contribution in [0.3, 0.4) is 0 Å². The quantitative estimate of drug-likeness (QED) is 0.909.